The predicted octanol–water partition coefficient (Wildman–Crippen LogP) is -2.55. The van der Waals surface area contributed by atoms with Gasteiger partial charge in [0.1, 0.15) is 29.6 Å². The molecule has 0 aromatic heterocycles. The Morgan fingerprint density at radius 1 is 0.929 bits per heavy atom. The molecule has 0 fully saturated rings. The summed E-state index contributed by atoms with van der Waals surface area (Å²) in [5.74, 6) is -2.62. The van der Waals surface area contributed by atoms with Crippen molar-refractivity contribution in [3.8, 4) is 22.6 Å². The summed E-state index contributed by atoms with van der Waals surface area (Å²) in [6.07, 6.45) is 0.451. The Morgan fingerprint density at radius 2 is 1.52 bits per heavy atom. The molecule has 1 aliphatic heterocycles. The number of nitrogens with two attached hydrogens (primary N) is 3. The third kappa shape index (κ3) is 8.63. The number of amides is 4. The molecule has 13 N–H and O–H groups in total. The van der Waals surface area contributed by atoms with Crippen molar-refractivity contribution in [1.29, 1.82) is 0 Å². The number of aliphatic hydroxyl groups is 1. The van der Waals surface area contributed by atoms with E-state index < -0.39 is 54.4 Å². The van der Waals surface area contributed by atoms with Crippen molar-refractivity contribution in [1.82, 2.24) is 21.3 Å². The van der Waals surface area contributed by atoms with Crippen LogP contribution >= 0.6 is 0 Å². The number of nitrogens with one attached hydrogen (secondary N) is 4. The minimum Gasteiger partial charge on any atom is -0.508 e. The maximum Gasteiger partial charge on any atom is 0.243 e. The highest BCUT2D eigenvalue weighted by molar-refractivity contribution is 5.93. The van der Waals surface area contributed by atoms with Crippen LogP contribution in [0, 0.1) is 0 Å². The van der Waals surface area contributed by atoms with E-state index in [1.807, 2.05) is 0 Å². The number of carbonyl (C=O) groups excluding carboxylic acids is 4. The lowest BCUT2D eigenvalue weighted by atomic mass is 9.95. The van der Waals surface area contributed by atoms with Crippen molar-refractivity contribution in [2.45, 2.75) is 49.9 Å². The normalized spacial score (nSPS) is 19.9. The molecule has 0 radical (unpaired) electrons. The molecule has 14 heteroatoms. The summed E-state index contributed by atoms with van der Waals surface area (Å²) < 4.78 is 0. The van der Waals surface area contributed by atoms with Crippen LogP contribution in [0.25, 0.3) is 11.1 Å². The van der Waals surface area contributed by atoms with E-state index in [0.29, 0.717) is 28.7 Å². The van der Waals surface area contributed by atoms with Crippen molar-refractivity contribution >= 4 is 23.6 Å². The lowest BCUT2D eigenvalue weighted by Gasteiger charge is -2.24. The van der Waals surface area contributed by atoms with Crippen molar-refractivity contribution in [2.75, 3.05) is 26.2 Å². The zero-order valence-electron chi connectivity index (χ0n) is 23.1. The number of aliphatic hydroxyl groups excluding tert-OH is 1. The van der Waals surface area contributed by atoms with Gasteiger partial charge in [-0.1, -0.05) is 12.1 Å². The molecule has 2 aromatic rings. The van der Waals surface area contributed by atoms with E-state index in [1.165, 1.54) is 12.1 Å². The summed E-state index contributed by atoms with van der Waals surface area (Å²) in [7, 11) is 0. The molecule has 2 aromatic carbocycles. The fourth-order valence-electron chi connectivity index (χ4n) is 4.47. The second kappa shape index (κ2) is 15.1. The Bertz CT molecular complexity index is 1290. The molecular weight excluding hydrogens is 546 g/mol. The number of benzene rings is 2. The quantitative estimate of drug-likeness (QED) is 0.138. The lowest BCUT2D eigenvalue weighted by Crippen LogP contribution is -2.57. The Balaban J connectivity index is 1.94. The maximum absolute atomic E-state index is 13.4. The SMILES string of the molecule is NCCC[C@@H]1NC(=O)[C@@H](N)Cc2cc(ccc2O)-c2ccc(O)c(c2)C[C@@H](C(=O)NCCNC(=O)[C@@H](N)CO)NC1=O. The van der Waals surface area contributed by atoms with Crippen LogP contribution in [0.3, 0.4) is 0 Å². The smallest absolute Gasteiger partial charge is 0.243 e. The van der Waals surface area contributed by atoms with Crippen molar-refractivity contribution in [3.05, 3.63) is 47.5 Å². The standard InChI is InChI=1S/C28H39N7O7/c29-7-1-2-21-28(42)35-22(27(41)33-9-8-32-25(39)20(31)14-36)13-18-11-16(4-6-24(18)38)15-3-5-23(37)17(10-15)12-19(30)26(40)34-21/h3-6,10-11,19-22,36-38H,1-2,7-9,12-14,29-31H2,(H,32,39)(H,33,41)(H,34,40)(H,35,42)/t19-,20-,21-,22-/m0/s1. The van der Waals surface area contributed by atoms with E-state index in [0.717, 1.165) is 0 Å². The minimum absolute atomic E-state index is 0.00749. The van der Waals surface area contributed by atoms with Gasteiger partial charge in [0, 0.05) is 25.9 Å². The first-order valence-corrected chi connectivity index (χ1v) is 13.7. The molecule has 14 nitrogen and oxygen atoms in total. The van der Waals surface area contributed by atoms with Crippen molar-refractivity contribution in [2.24, 2.45) is 17.2 Å². The zero-order chi connectivity index (χ0) is 30.8. The van der Waals surface area contributed by atoms with E-state index in [1.54, 1.807) is 24.3 Å². The molecule has 0 saturated carbocycles. The maximum atomic E-state index is 13.4. The van der Waals surface area contributed by atoms with Gasteiger partial charge in [0.25, 0.3) is 0 Å². The van der Waals surface area contributed by atoms with Gasteiger partial charge < -0.3 is 53.8 Å². The van der Waals surface area contributed by atoms with Crippen molar-refractivity contribution < 1.29 is 34.5 Å². The summed E-state index contributed by atoms with van der Waals surface area (Å²) in [4.78, 5) is 51.4. The fraction of sp³-hybridized carbons (Fsp3) is 0.429. The molecule has 0 saturated heterocycles. The van der Waals surface area contributed by atoms with E-state index in [-0.39, 0.29) is 50.4 Å². The van der Waals surface area contributed by atoms with E-state index in [2.05, 4.69) is 21.3 Å². The van der Waals surface area contributed by atoms with Gasteiger partial charge in [0.15, 0.2) is 0 Å². The van der Waals surface area contributed by atoms with Crippen LogP contribution in [0.5, 0.6) is 11.5 Å². The van der Waals surface area contributed by atoms with Crippen LogP contribution in [0.15, 0.2) is 36.4 Å². The Kier molecular flexibility index (Phi) is 11.6. The number of aromatic hydroxyl groups is 2. The average Bonchev–Trinajstić information content (AvgIpc) is 2.97. The molecule has 0 aliphatic carbocycles. The molecule has 1 heterocycles. The summed E-state index contributed by atoms with van der Waals surface area (Å²) in [6, 6.07) is 5.21. The molecule has 4 atom stereocenters. The van der Waals surface area contributed by atoms with Crippen molar-refractivity contribution in [3.63, 3.8) is 0 Å². The minimum atomic E-state index is -1.18. The molecular formula is C28H39N7O7. The van der Waals surface area contributed by atoms with Gasteiger partial charge in [0.2, 0.25) is 23.6 Å². The number of hydrogen-bond donors (Lipinski definition) is 10. The number of carbonyl (C=O) groups is 4. The predicted molar refractivity (Wildman–Crippen MR) is 154 cm³/mol. The second-order valence-electron chi connectivity index (χ2n) is 10.1. The Labute approximate surface area is 243 Å². The van der Waals surface area contributed by atoms with Gasteiger partial charge >= 0.3 is 0 Å². The number of rotatable bonds is 9. The average molecular weight is 586 g/mol. The highest BCUT2D eigenvalue weighted by Gasteiger charge is 2.29. The van der Waals surface area contributed by atoms with Gasteiger partial charge in [-0.05, 0) is 65.9 Å². The number of phenols is 2. The molecule has 4 bridgehead atoms. The lowest BCUT2D eigenvalue weighted by molar-refractivity contribution is -0.132. The highest BCUT2D eigenvalue weighted by atomic mass is 16.3. The molecule has 1 aliphatic rings. The number of fused-ring (bicyclic) bond motifs is 5. The topological polar surface area (TPSA) is 255 Å². The van der Waals surface area contributed by atoms with Crippen LogP contribution in [0.1, 0.15) is 24.0 Å². The van der Waals surface area contributed by atoms with Crippen LogP contribution in [0.4, 0.5) is 0 Å². The largest absolute Gasteiger partial charge is 0.508 e. The van der Waals surface area contributed by atoms with Gasteiger partial charge in [-0.3, -0.25) is 19.2 Å². The van der Waals surface area contributed by atoms with E-state index in [9.17, 15) is 29.4 Å². The molecule has 228 valence electrons. The molecule has 0 spiro atoms. The van der Waals surface area contributed by atoms with Gasteiger partial charge in [-0.2, -0.15) is 0 Å². The monoisotopic (exact) mass is 585 g/mol. The summed E-state index contributed by atoms with van der Waals surface area (Å²) in [6.45, 7) is -0.287. The third-order valence-corrected chi connectivity index (χ3v) is 6.91. The molecule has 0 unspecified atom stereocenters. The first-order valence-electron chi connectivity index (χ1n) is 13.7. The zero-order valence-corrected chi connectivity index (χ0v) is 23.1. The molecule has 3 rings (SSSR count). The first kappa shape index (κ1) is 32.3. The summed E-state index contributed by atoms with van der Waals surface area (Å²) >= 11 is 0. The second-order valence-corrected chi connectivity index (χ2v) is 10.1. The van der Waals surface area contributed by atoms with Gasteiger partial charge in [-0.15, -0.1) is 0 Å². The van der Waals surface area contributed by atoms with E-state index in [4.69, 9.17) is 22.3 Å². The fourth-order valence-corrected chi connectivity index (χ4v) is 4.47. The third-order valence-electron chi connectivity index (χ3n) is 6.91. The van der Waals surface area contributed by atoms with Crippen LogP contribution in [-0.2, 0) is 32.0 Å². The first-order chi connectivity index (χ1) is 20.0. The Hall–Kier alpha value is -4.24. The molecule has 4 amide bonds. The van der Waals surface area contributed by atoms with Crippen LogP contribution in [0.2, 0.25) is 0 Å². The summed E-state index contributed by atoms with van der Waals surface area (Å²) in [5.41, 5.74) is 19.4. The van der Waals surface area contributed by atoms with Crippen LogP contribution < -0.4 is 38.5 Å². The van der Waals surface area contributed by atoms with Crippen LogP contribution in [-0.4, -0.2) is 89.4 Å². The van der Waals surface area contributed by atoms with E-state index >= 15 is 0 Å². The van der Waals surface area contributed by atoms with Gasteiger partial charge in [-0.25, -0.2) is 0 Å². The molecule has 42 heavy (non-hydrogen) atoms. The highest BCUT2D eigenvalue weighted by Crippen LogP contribution is 2.30. The summed E-state index contributed by atoms with van der Waals surface area (Å²) in [5, 5.41) is 40.5. The number of phenolic OH excluding ortho intramolecular Hbond substituents is 2. The Morgan fingerprint density at radius 3 is 2.12 bits per heavy atom. The van der Waals surface area contributed by atoms with Gasteiger partial charge in [0.05, 0.1) is 12.6 Å². The number of hydrogen-bond acceptors (Lipinski definition) is 10.